The Hall–Kier alpha value is -1.97. The Morgan fingerprint density at radius 2 is 1.80 bits per heavy atom. The van der Waals surface area contributed by atoms with Gasteiger partial charge in [-0.1, -0.05) is 0 Å². The maximum Gasteiger partial charge on any atom is 0.327 e. The summed E-state index contributed by atoms with van der Waals surface area (Å²) in [6.45, 7) is 2.42. The highest BCUT2D eigenvalue weighted by Gasteiger charge is 2.27. The van der Waals surface area contributed by atoms with Crippen molar-refractivity contribution in [1.29, 1.82) is 0 Å². The largest absolute Gasteiger partial charge is 0.480 e. The van der Waals surface area contributed by atoms with E-state index in [2.05, 4.69) is 10.6 Å². The molecule has 9 nitrogen and oxygen atoms in total. The molecule has 0 spiro atoms. The van der Waals surface area contributed by atoms with E-state index in [0.29, 0.717) is 0 Å². The van der Waals surface area contributed by atoms with Crippen LogP contribution in [0.25, 0.3) is 0 Å². The van der Waals surface area contributed by atoms with Gasteiger partial charge < -0.3 is 15.7 Å². The highest BCUT2D eigenvalue weighted by atomic mass is 32.2. The van der Waals surface area contributed by atoms with Crippen molar-refractivity contribution >= 4 is 34.6 Å². The van der Waals surface area contributed by atoms with Gasteiger partial charge in [0.25, 0.3) is 0 Å². The fourth-order valence-electron chi connectivity index (χ4n) is 1.12. The fraction of sp³-hybridized carbons (Fsp3) is 0.600. The van der Waals surface area contributed by atoms with Crippen molar-refractivity contribution in [2.24, 2.45) is 0 Å². The Morgan fingerprint density at radius 3 is 2.20 bits per heavy atom. The van der Waals surface area contributed by atoms with E-state index in [-0.39, 0.29) is 0 Å². The van der Waals surface area contributed by atoms with Gasteiger partial charge in [0, 0.05) is 24.8 Å². The van der Waals surface area contributed by atoms with Gasteiger partial charge in [0.1, 0.15) is 11.3 Å². The number of rotatable bonds is 6. The summed E-state index contributed by atoms with van der Waals surface area (Å²) in [6, 6.07) is -2.11. The van der Waals surface area contributed by atoms with Crippen LogP contribution in [0.15, 0.2) is 0 Å². The molecule has 2 unspecified atom stereocenters. The Kier molecular flexibility index (Phi) is 7.44. The average Bonchev–Trinajstić information content (AvgIpc) is 2.35. The molecule has 114 valence electrons. The predicted molar refractivity (Wildman–Crippen MR) is 70.3 cm³/mol. The predicted octanol–water partition coefficient (Wildman–Crippen LogP) is -1.83. The van der Waals surface area contributed by atoms with Gasteiger partial charge in [-0.3, -0.25) is 19.1 Å². The first-order chi connectivity index (χ1) is 9.18. The smallest absolute Gasteiger partial charge is 0.327 e. The van der Waals surface area contributed by atoms with Gasteiger partial charge in [-0.05, 0) is 6.92 Å². The number of hydrogen-bond donors (Lipinski definition) is 4. The van der Waals surface area contributed by atoms with E-state index >= 15 is 0 Å². The van der Waals surface area contributed by atoms with Gasteiger partial charge in [-0.25, -0.2) is 9.59 Å². The third-order valence-electron chi connectivity index (χ3n) is 2.23. The number of hydrogen-bond acceptors (Lipinski definition) is 5. The minimum absolute atomic E-state index is 0.433. The monoisotopic (exact) mass is 307 g/mol. The summed E-state index contributed by atoms with van der Waals surface area (Å²) in [7, 11) is -0.561. The van der Waals surface area contributed by atoms with E-state index in [1.54, 1.807) is 0 Å². The third kappa shape index (κ3) is 6.27. The standard InChI is InChI=1S/C10H17N3O6S/c1-5(8(15)13-10(18)11-3)20(19)4-7(9(16)17)12-6(2)14/h5,7H,4H2,1-3H3,(H,12,14)(H,16,17)(H2,11,13,15,18)/t5?,7-,20?/m0/s1. The highest BCUT2D eigenvalue weighted by molar-refractivity contribution is 7.86. The summed E-state index contributed by atoms with van der Waals surface area (Å²) in [5, 5.41) is 14.0. The van der Waals surface area contributed by atoms with Gasteiger partial charge in [0.05, 0.1) is 5.75 Å². The molecule has 0 aromatic rings. The van der Waals surface area contributed by atoms with Crippen LogP contribution in [0.2, 0.25) is 0 Å². The number of carbonyl (C=O) groups is 4. The quantitative estimate of drug-likeness (QED) is 0.454. The molecule has 0 bridgehead atoms. The first kappa shape index (κ1) is 18.0. The van der Waals surface area contributed by atoms with Crippen LogP contribution in [0.5, 0.6) is 0 Å². The molecule has 0 fully saturated rings. The Bertz CT molecular complexity index is 439. The summed E-state index contributed by atoms with van der Waals surface area (Å²) in [6.07, 6.45) is 0. The molecular formula is C10H17N3O6S. The molecule has 0 saturated carbocycles. The van der Waals surface area contributed by atoms with E-state index in [4.69, 9.17) is 5.11 Å². The van der Waals surface area contributed by atoms with Crippen molar-refractivity contribution in [3.63, 3.8) is 0 Å². The topological polar surface area (TPSA) is 142 Å². The van der Waals surface area contributed by atoms with Gasteiger partial charge in [0.2, 0.25) is 11.8 Å². The number of carboxylic acids is 1. The van der Waals surface area contributed by atoms with Gasteiger partial charge in [0.15, 0.2) is 0 Å². The van der Waals surface area contributed by atoms with Crippen molar-refractivity contribution < 1.29 is 28.5 Å². The van der Waals surface area contributed by atoms with Crippen LogP contribution in [-0.2, 0) is 25.2 Å². The summed E-state index contributed by atoms with van der Waals surface area (Å²) in [5.74, 6) is -3.17. The summed E-state index contributed by atoms with van der Waals surface area (Å²) >= 11 is 0. The molecule has 3 atom stereocenters. The first-order valence-corrected chi connectivity index (χ1v) is 6.96. The molecule has 0 radical (unpaired) electrons. The lowest BCUT2D eigenvalue weighted by Gasteiger charge is -2.16. The van der Waals surface area contributed by atoms with Crippen LogP contribution in [0.1, 0.15) is 13.8 Å². The normalized spacial score (nSPS) is 14.6. The molecule has 20 heavy (non-hydrogen) atoms. The molecule has 0 heterocycles. The Morgan fingerprint density at radius 1 is 1.25 bits per heavy atom. The number of nitrogens with one attached hydrogen (secondary N) is 3. The van der Waals surface area contributed by atoms with Crippen molar-refractivity contribution in [3.05, 3.63) is 0 Å². The molecule has 10 heteroatoms. The molecule has 0 rings (SSSR count). The van der Waals surface area contributed by atoms with Crippen LogP contribution >= 0.6 is 0 Å². The van der Waals surface area contributed by atoms with Crippen LogP contribution in [0.4, 0.5) is 4.79 Å². The minimum Gasteiger partial charge on any atom is -0.480 e. The second-order valence-corrected chi connectivity index (χ2v) is 5.65. The molecule has 0 aromatic carbocycles. The van der Waals surface area contributed by atoms with E-state index in [1.807, 2.05) is 5.32 Å². The number of carboxylic acid groups (broad SMARTS) is 1. The molecule has 4 N–H and O–H groups in total. The zero-order chi connectivity index (χ0) is 15.9. The van der Waals surface area contributed by atoms with Crippen molar-refractivity contribution in [2.45, 2.75) is 25.1 Å². The maximum atomic E-state index is 11.9. The third-order valence-corrected chi connectivity index (χ3v) is 3.90. The number of carbonyl (C=O) groups excluding carboxylic acids is 3. The highest BCUT2D eigenvalue weighted by Crippen LogP contribution is 2.00. The minimum atomic E-state index is -1.87. The fourth-order valence-corrected chi connectivity index (χ4v) is 2.26. The lowest BCUT2D eigenvalue weighted by atomic mass is 10.3. The molecular weight excluding hydrogens is 290 g/mol. The lowest BCUT2D eigenvalue weighted by Crippen LogP contribution is -2.48. The zero-order valence-electron chi connectivity index (χ0n) is 11.3. The van der Waals surface area contributed by atoms with Crippen molar-refractivity contribution in [1.82, 2.24) is 16.0 Å². The Balaban J connectivity index is 4.63. The SMILES string of the molecule is CNC(=O)NC(=O)C(C)S(=O)C[C@H](NC(C)=O)C(=O)O. The summed E-state index contributed by atoms with van der Waals surface area (Å²) < 4.78 is 11.9. The number of imide groups is 1. The molecule has 0 aliphatic rings. The van der Waals surface area contributed by atoms with E-state index in [1.165, 1.54) is 14.0 Å². The van der Waals surface area contributed by atoms with Gasteiger partial charge >= 0.3 is 12.0 Å². The van der Waals surface area contributed by atoms with Gasteiger partial charge in [-0.15, -0.1) is 0 Å². The number of aliphatic carboxylic acids is 1. The number of urea groups is 1. The lowest BCUT2D eigenvalue weighted by molar-refractivity contribution is -0.140. The molecule has 0 aliphatic carbocycles. The molecule has 0 aromatic heterocycles. The number of amides is 4. The molecule has 0 saturated heterocycles. The summed E-state index contributed by atoms with van der Waals surface area (Å²) in [4.78, 5) is 44.2. The van der Waals surface area contributed by atoms with Gasteiger partial charge in [-0.2, -0.15) is 0 Å². The molecule has 4 amide bonds. The van der Waals surface area contributed by atoms with Crippen LogP contribution in [-0.4, -0.2) is 57.2 Å². The second-order valence-electron chi connectivity index (χ2n) is 3.85. The van der Waals surface area contributed by atoms with Crippen LogP contribution in [0.3, 0.4) is 0 Å². The van der Waals surface area contributed by atoms with E-state index in [9.17, 15) is 23.4 Å². The molecule has 0 aliphatic heterocycles. The second kappa shape index (κ2) is 8.25. The zero-order valence-corrected chi connectivity index (χ0v) is 12.1. The maximum absolute atomic E-state index is 11.9. The van der Waals surface area contributed by atoms with Crippen molar-refractivity contribution in [2.75, 3.05) is 12.8 Å². The van der Waals surface area contributed by atoms with Crippen LogP contribution < -0.4 is 16.0 Å². The average molecular weight is 307 g/mol. The Labute approximate surface area is 117 Å². The first-order valence-electron chi connectivity index (χ1n) is 5.58. The van der Waals surface area contributed by atoms with Crippen LogP contribution in [0, 0.1) is 0 Å². The van der Waals surface area contributed by atoms with E-state index in [0.717, 1.165) is 6.92 Å². The van der Waals surface area contributed by atoms with E-state index < -0.39 is 51.7 Å². The summed E-state index contributed by atoms with van der Waals surface area (Å²) in [5.41, 5.74) is 0. The van der Waals surface area contributed by atoms with Crippen molar-refractivity contribution in [3.8, 4) is 0 Å².